The van der Waals surface area contributed by atoms with Gasteiger partial charge in [0.05, 0.1) is 18.5 Å². The van der Waals surface area contributed by atoms with Crippen molar-refractivity contribution in [3.63, 3.8) is 0 Å². The summed E-state index contributed by atoms with van der Waals surface area (Å²) in [5.74, 6) is 0. The number of hydrogen-bond donors (Lipinski definition) is 0. The standard InChI is InChI=1S/C6H15P.Ag/c1-4-7(5-2)6-3;/h4-6H2,1-3H3;/p+1. The molecule has 0 aliphatic carbocycles. The zero-order valence-electron chi connectivity index (χ0n) is 5.92. The first-order valence-corrected chi connectivity index (χ1v) is 5.30. The van der Waals surface area contributed by atoms with E-state index in [1.165, 1.54) is 18.5 Å². The Morgan fingerprint density at radius 2 is 1.12 bits per heavy atom. The van der Waals surface area contributed by atoms with Crippen LogP contribution < -0.4 is 0 Å². The van der Waals surface area contributed by atoms with Gasteiger partial charge in [0.25, 0.3) is 0 Å². The molecule has 0 fully saturated rings. The predicted octanol–water partition coefficient (Wildman–Crippen LogP) is 2.26. The van der Waals surface area contributed by atoms with Gasteiger partial charge in [-0.2, -0.15) is 0 Å². The van der Waals surface area contributed by atoms with Gasteiger partial charge < -0.3 is 0 Å². The van der Waals surface area contributed by atoms with Gasteiger partial charge in [-0.1, -0.05) is 0 Å². The van der Waals surface area contributed by atoms with Gasteiger partial charge in [0.15, 0.2) is 0 Å². The molecule has 0 saturated heterocycles. The van der Waals surface area contributed by atoms with E-state index in [2.05, 4.69) is 20.8 Å². The summed E-state index contributed by atoms with van der Waals surface area (Å²) in [5.41, 5.74) is 0. The van der Waals surface area contributed by atoms with Crippen molar-refractivity contribution in [2.24, 2.45) is 0 Å². The minimum Gasteiger partial charge on any atom is -0.0313 e. The maximum absolute atomic E-state index is 2.31. The molecule has 0 aromatic carbocycles. The van der Waals surface area contributed by atoms with Crippen LogP contribution >= 0.6 is 7.92 Å². The Labute approximate surface area is 69.7 Å². The first-order chi connectivity index (χ1) is 3.35. The fraction of sp³-hybridized carbons (Fsp3) is 1.00. The molecule has 55 valence electrons. The van der Waals surface area contributed by atoms with Crippen molar-refractivity contribution >= 4 is 7.92 Å². The minimum atomic E-state index is 0. The van der Waals surface area contributed by atoms with Crippen LogP contribution in [0.5, 0.6) is 0 Å². The fourth-order valence-electron chi connectivity index (χ4n) is 0.750. The van der Waals surface area contributed by atoms with Crippen molar-refractivity contribution in [2.45, 2.75) is 20.8 Å². The molecule has 0 N–H and O–H groups in total. The van der Waals surface area contributed by atoms with E-state index in [1.807, 2.05) is 0 Å². The quantitative estimate of drug-likeness (QED) is 0.512. The molecule has 0 saturated carbocycles. The third-order valence-corrected chi connectivity index (χ3v) is 4.50. The van der Waals surface area contributed by atoms with E-state index in [0.717, 1.165) is 0 Å². The zero-order valence-corrected chi connectivity index (χ0v) is 8.41. The van der Waals surface area contributed by atoms with Crippen molar-refractivity contribution in [1.29, 1.82) is 0 Å². The Morgan fingerprint density at radius 1 is 0.875 bits per heavy atom. The molecule has 0 nitrogen and oxygen atoms in total. The van der Waals surface area contributed by atoms with Crippen molar-refractivity contribution in [2.75, 3.05) is 18.5 Å². The largest absolute Gasteiger partial charge is 0.0543 e. The molecular formula is C6H16AgP+. The zero-order chi connectivity index (χ0) is 5.70. The predicted molar refractivity (Wildman–Crippen MR) is 39.9 cm³/mol. The molecule has 0 unspecified atom stereocenters. The van der Waals surface area contributed by atoms with Crippen LogP contribution in [0, 0.1) is 0 Å². The third kappa shape index (κ3) is 5.31. The molecule has 0 bridgehead atoms. The van der Waals surface area contributed by atoms with E-state index >= 15 is 0 Å². The first-order valence-electron chi connectivity index (χ1n) is 3.18. The van der Waals surface area contributed by atoms with Crippen LogP contribution in [0.15, 0.2) is 0 Å². The number of rotatable bonds is 3. The van der Waals surface area contributed by atoms with E-state index in [1.54, 1.807) is 0 Å². The SMILES string of the molecule is CC[PH+](CC)CC.[Ag]. The first kappa shape index (κ1) is 11.9. The molecule has 1 radical (unpaired) electrons. The molecule has 0 spiro atoms. The Morgan fingerprint density at radius 3 is 1.12 bits per heavy atom. The molecular weight excluding hydrogens is 211 g/mol. The molecule has 0 rings (SSSR count). The number of hydrogen-bond acceptors (Lipinski definition) is 0. The van der Waals surface area contributed by atoms with Gasteiger partial charge >= 0.3 is 0 Å². The average molecular weight is 227 g/mol. The molecule has 0 amide bonds. The van der Waals surface area contributed by atoms with Crippen LogP contribution in [-0.4, -0.2) is 18.5 Å². The molecule has 0 heterocycles. The molecule has 0 aliphatic rings. The van der Waals surface area contributed by atoms with Crippen molar-refractivity contribution < 1.29 is 22.4 Å². The van der Waals surface area contributed by atoms with Gasteiger partial charge in [-0.15, -0.1) is 0 Å². The van der Waals surface area contributed by atoms with Gasteiger partial charge in [-0.25, -0.2) is 0 Å². The summed E-state index contributed by atoms with van der Waals surface area (Å²) in [7, 11) is 0.137. The fourth-order valence-corrected chi connectivity index (χ4v) is 2.25. The maximum Gasteiger partial charge on any atom is 0.0543 e. The van der Waals surface area contributed by atoms with Gasteiger partial charge in [-0.3, -0.25) is 0 Å². The van der Waals surface area contributed by atoms with Crippen LogP contribution in [0.3, 0.4) is 0 Å². The van der Waals surface area contributed by atoms with Gasteiger partial charge in [0.1, 0.15) is 0 Å². The van der Waals surface area contributed by atoms with Crippen LogP contribution in [-0.2, 0) is 22.4 Å². The van der Waals surface area contributed by atoms with E-state index in [4.69, 9.17) is 0 Å². The van der Waals surface area contributed by atoms with Crippen molar-refractivity contribution in [3.05, 3.63) is 0 Å². The Hall–Kier alpha value is 1.17. The summed E-state index contributed by atoms with van der Waals surface area (Å²) in [6.45, 7) is 6.92. The minimum absolute atomic E-state index is 0. The average Bonchev–Trinajstić information content (AvgIpc) is 1.72. The van der Waals surface area contributed by atoms with Crippen LogP contribution in [0.4, 0.5) is 0 Å². The van der Waals surface area contributed by atoms with E-state index in [0.29, 0.717) is 0 Å². The molecule has 0 aromatic heterocycles. The van der Waals surface area contributed by atoms with Gasteiger partial charge in [-0.05, 0) is 28.7 Å². The topological polar surface area (TPSA) is 0 Å². The Balaban J connectivity index is 0. The summed E-state index contributed by atoms with van der Waals surface area (Å²) in [4.78, 5) is 0. The normalized spacial score (nSPS) is 9.00. The summed E-state index contributed by atoms with van der Waals surface area (Å²) in [5, 5.41) is 0. The summed E-state index contributed by atoms with van der Waals surface area (Å²) >= 11 is 0. The van der Waals surface area contributed by atoms with E-state index in [9.17, 15) is 0 Å². The Bertz CT molecular complexity index is 30.0. The monoisotopic (exact) mass is 226 g/mol. The van der Waals surface area contributed by atoms with Crippen LogP contribution in [0.1, 0.15) is 20.8 Å². The van der Waals surface area contributed by atoms with E-state index in [-0.39, 0.29) is 30.3 Å². The second kappa shape index (κ2) is 8.17. The van der Waals surface area contributed by atoms with Crippen molar-refractivity contribution in [1.82, 2.24) is 0 Å². The Kier molecular flexibility index (Phi) is 12.2. The molecule has 8 heavy (non-hydrogen) atoms. The van der Waals surface area contributed by atoms with Crippen LogP contribution in [0.2, 0.25) is 0 Å². The van der Waals surface area contributed by atoms with Crippen LogP contribution in [0.25, 0.3) is 0 Å². The van der Waals surface area contributed by atoms with Gasteiger partial charge in [0, 0.05) is 22.4 Å². The van der Waals surface area contributed by atoms with Gasteiger partial charge in [0.2, 0.25) is 0 Å². The molecule has 0 atom stereocenters. The smallest absolute Gasteiger partial charge is 0.0313 e. The molecule has 0 aliphatic heterocycles. The summed E-state index contributed by atoms with van der Waals surface area (Å²) < 4.78 is 0. The molecule has 2 heteroatoms. The third-order valence-electron chi connectivity index (χ3n) is 1.50. The maximum atomic E-state index is 2.31. The molecule has 0 aromatic rings. The van der Waals surface area contributed by atoms with E-state index < -0.39 is 0 Å². The second-order valence-corrected chi connectivity index (χ2v) is 5.43. The summed E-state index contributed by atoms with van der Waals surface area (Å²) in [6, 6.07) is 0. The second-order valence-electron chi connectivity index (χ2n) is 1.81. The van der Waals surface area contributed by atoms with Crippen molar-refractivity contribution in [3.8, 4) is 0 Å². The summed E-state index contributed by atoms with van der Waals surface area (Å²) in [6.07, 6.45) is 4.37.